The number of rotatable bonds is 8. The molecule has 2 heterocycles. The molecule has 4 rings (SSSR count). The van der Waals surface area contributed by atoms with Crippen LogP contribution in [0.5, 0.6) is 17.2 Å². The molecule has 0 aliphatic carbocycles. The average Bonchev–Trinajstić information content (AvgIpc) is 3.34. The number of fused-ring (bicyclic) bond motifs is 1. The molecule has 0 unspecified atom stereocenters. The number of carbonyl (C=O) groups is 2. The lowest BCUT2D eigenvalue weighted by molar-refractivity contribution is -0.135. The Morgan fingerprint density at radius 3 is 2.39 bits per heavy atom. The van der Waals surface area contributed by atoms with Crippen LogP contribution >= 0.6 is 0 Å². The highest BCUT2D eigenvalue weighted by molar-refractivity contribution is 5.98. The van der Waals surface area contributed by atoms with Gasteiger partial charge in [-0.15, -0.1) is 0 Å². The Kier molecular flexibility index (Phi) is 7.67. The van der Waals surface area contributed by atoms with Crippen molar-refractivity contribution in [2.45, 2.75) is 38.6 Å². The maximum atomic E-state index is 13.6. The van der Waals surface area contributed by atoms with E-state index in [0.717, 1.165) is 29.7 Å². The molecule has 0 saturated carbocycles. The van der Waals surface area contributed by atoms with Crippen LogP contribution in [0.1, 0.15) is 48.8 Å². The molecule has 2 aromatic carbocycles. The predicted molar refractivity (Wildman–Crippen MR) is 137 cm³/mol. The first-order valence-corrected chi connectivity index (χ1v) is 12.2. The summed E-state index contributed by atoms with van der Waals surface area (Å²) < 4.78 is 16.1. The zero-order valence-electron chi connectivity index (χ0n) is 21.5. The third-order valence-corrected chi connectivity index (χ3v) is 6.67. The zero-order valence-corrected chi connectivity index (χ0v) is 21.5. The molecule has 9 heteroatoms. The van der Waals surface area contributed by atoms with Gasteiger partial charge in [0, 0.05) is 24.6 Å². The lowest BCUT2D eigenvalue weighted by atomic mass is 9.95. The molecule has 0 radical (unpaired) electrons. The molecule has 1 aliphatic heterocycles. The molecule has 0 bridgehead atoms. The number of benzene rings is 2. The van der Waals surface area contributed by atoms with Crippen LogP contribution in [0.15, 0.2) is 36.4 Å². The van der Waals surface area contributed by atoms with Crippen molar-refractivity contribution in [1.29, 1.82) is 0 Å². The van der Waals surface area contributed by atoms with Crippen LogP contribution in [0.25, 0.3) is 11.0 Å². The summed E-state index contributed by atoms with van der Waals surface area (Å²) >= 11 is 0. The van der Waals surface area contributed by atoms with Crippen LogP contribution in [0, 0.1) is 5.92 Å². The first-order valence-electron chi connectivity index (χ1n) is 12.2. The highest BCUT2D eigenvalue weighted by atomic mass is 16.5. The number of ether oxygens (including phenoxy) is 3. The van der Waals surface area contributed by atoms with Crippen molar-refractivity contribution in [2.75, 3.05) is 34.4 Å². The fraction of sp³-hybridized carbons (Fsp3) is 0.444. The number of amides is 2. The van der Waals surface area contributed by atoms with Crippen molar-refractivity contribution in [3.05, 3.63) is 47.8 Å². The molecule has 2 atom stereocenters. The van der Waals surface area contributed by atoms with E-state index >= 15 is 0 Å². The van der Waals surface area contributed by atoms with Crippen molar-refractivity contribution >= 4 is 22.8 Å². The van der Waals surface area contributed by atoms with Gasteiger partial charge in [0.05, 0.1) is 32.4 Å². The second kappa shape index (κ2) is 10.9. The van der Waals surface area contributed by atoms with Gasteiger partial charge >= 0.3 is 0 Å². The molecule has 2 N–H and O–H groups in total. The quantitative estimate of drug-likeness (QED) is 0.494. The van der Waals surface area contributed by atoms with E-state index in [-0.39, 0.29) is 23.7 Å². The molecule has 1 fully saturated rings. The van der Waals surface area contributed by atoms with Crippen molar-refractivity contribution in [2.24, 2.45) is 5.92 Å². The van der Waals surface area contributed by atoms with E-state index < -0.39 is 6.04 Å². The highest BCUT2D eigenvalue weighted by Gasteiger charge is 2.33. The van der Waals surface area contributed by atoms with E-state index in [1.54, 1.807) is 12.1 Å². The summed E-state index contributed by atoms with van der Waals surface area (Å²) in [6, 6.07) is 10.4. The Morgan fingerprint density at radius 1 is 1.08 bits per heavy atom. The Morgan fingerprint density at radius 2 is 1.78 bits per heavy atom. The predicted octanol–water partition coefficient (Wildman–Crippen LogP) is 3.75. The van der Waals surface area contributed by atoms with E-state index in [9.17, 15) is 9.59 Å². The summed E-state index contributed by atoms with van der Waals surface area (Å²) in [5.74, 6) is 1.59. The Labute approximate surface area is 211 Å². The normalized spacial score (nSPS) is 16.6. The van der Waals surface area contributed by atoms with Gasteiger partial charge in [0.25, 0.3) is 5.91 Å². The van der Waals surface area contributed by atoms with E-state index in [1.807, 2.05) is 43.0 Å². The molecule has 3 aromatic rings. The van der Waals surface area contributed by atoms with E-state index in [2.05, 4.69) is 10.3 Å². The Bertz CT molecular complexity index is 1180. The van der Waals surface area contributed by atoms with Gasteiger partial charge in [-0.25, -0.2) is 4.98 Å². The average molecular weight is 495 g/mol. The number of hydrogen-bond donors (Lipinski definition) is 2. The summed E-state index contributed by atoms with van der Waals surface area (Å²) in [7, 11) is 4.49. The smallest absolute Gasteiger partial charge is 0.252 e. The van der Waals surface area contributed by atoms with E-state index in [0.29, 0.717) is 35.9 Å². The lowest BCUT2D eigenvalue weighted by Gasteiger charge is -2.35. The lowest BCUT2D eigenvalue weighted by Crippen LogP contribution is -2.53. The highest BCUT2D eigenvalue weighted by Crippen LogP contribution is 2.38. The molecule has 9 nitrogen and oxygen atoms in total. The van der Waals surface area contributed by atoms with Gasteiger partial charge in [-0.05, 0) is 43.0 Å². The summed E-state index contributed by atoms with van der Waals surface area (Å²) in [4.78, 5) is 36.8. The fourth-order valence-electron chi connectivity index (χ4n) is 4.71. The Hall–Kier alpha value is -3.75. The van der Waals surface area contributed by atoms with Crippen molar-refractivity contribution in [3.63, 3.8) is 0 Å². The summed E-state index contributed by atoms with van der Waals surface area (Å²) in [6.45, 7) is 5.07. The van der Waals surface area contributed by atoms with Crippen LogP contribution in [0.4, 0.5) is 0 Å². The van der Waals surface area contributed by atoms with Gasteiger partial charge < -0.3 is 29.4 Å². The molecule has 1 aromatic heterocycles. The number of likely N-dealkylation sites (tertiary alicyclic amines) is 1. The minimum Gasteiger partial charge on any atom is -0.493 e. The third kappa shape index (κ3) is 5.10. The van der Waals surface area contributed by atoms with Gasteiger partial charge in [-0.2, -0.15) is 0 Å². The monoisotopic (exact) mass is 494 g/mol. The second-order valence-corrected chi connectivity index (χ2v) is 9.37. The number of nitrogens with one attached hydrogen (secondary N) is 2. The number of nitrogens with zero attached hydrogens (tertiary/aromatic N) is 2. The number of aromatic amines is 1. The number of aromatic nitrogens is 2. The van der Waals surface area contributed by atoms with Crippen molar-refractivity contribution < 1.29 is 23.8 Å². The van der Waals surface area contributed by atoms with Crippen LogP contribution in [-0.2, 0) is 4.79 Å². The minimum atomic E-state index is -0.675. The van der Waals surface area contributed by atoms with Gasteiger partial charge in [-0.1, -0.05) is 26.0 Å². The third-order valence-electron chi connectivity index (χ3n) is 6.67. The van der Waals surface area contributed by atoms with E-state index in [4.69, 9.17) is 19.2 Å². The molecular formula is C27H34N4O5. The molecule has 1 saturated heterocycles. The zero-order chi connectivity index (χ0) is 25.8. The summed E-state index contributed by atoms with van der Waals surface area (Å²) in [5.41, 5.74) is 2.24. The van der Waals surface area contributed by atoms with Crippen LogP contribution in [0.2, 0.25) is 0 Å². The topological polar surface area (TPSA) is 106 Å². The number of methoxy groups -OCH3 is 3. The summed E-state index contributed by atoms with van der Waals surface area (Å²) in [5, 5.41) is 2.94. The first kappa shape index (κ1) is 25.3. The van der Waals surface area contributed by atoms with Gasteiger partial charge in [0.2, 0.25) is 11.7 Å². The van der Waals surface area contributed by atoms with Gasteiger partial charge in [0.1, 0.15) is 11.9 Å². The first-order chi connectivity index (χ1) is 17.4. The summed E-state index contributed by atoms with van der Waals surface area (Å²) in [6.07, 6.45) is 1.83. The number of carbonyl (C=O) groups excluding carboxylic acids is 2. The fourth-order valence-corrected chi connectivity index (χ4v) is 4.71. The van der Waals surface area contributed by atoms with Gasteiger partial charge in [-0.3, -0.25) is 9.59 Å². The molecule has 36 heavy (non-hydrogen) atoms. The number of para-hydroxylation sites is 2. The van der Waals surface area contributed by atoms with Crippen LogP contribution in [-0.4, -0.2) is 67.1 Å². The van der Waals surface area contributed by atoms with Crippen LogP contribution in [0.3, 0.4) is 0 Å². The molecule has 0 spiro atoms. The van der Waals surface area contributed by atoms with Crippen LogP contribution < -0.4 is 19.5 Å². The van der Waals surface area contributed by atoms with Gasteiger partial charge in [0.15, 0.2) is 11.5 Å². The number of hydrogen-bond acceptors (Lipinski definition) is 6. The molecular weight excluding hydrogens is 460 g/mol. The number of piperidine rings is 1. The second-order valence-electron chi connectivity index (χ2n) is 9.37. The molecule has 192 valence electrons. The standard InChI is InChI=1S/C27H34N4O5/c1-16(2)23(30-26(32)18-13-21(34-3)24(36-5)22(14-18)35-4)27(33)31-12-8-9-17(15-31)25-28-19-10-6-7-11-20(19)29-25/h6-7,10-11,13-14,16-17,23H,8-9,12,15H2,1-5H3,(H,28,29)(H,30,32)/t17-,23+/m1/s1. The number of H-pyrrole nitrogens is 1. The van der Waals surface area contributed by atoms with Crippen molar-refractivity contribution in [3.8, 4) is 17.2 Å². The minimum absolute atomic E-state index is 0.0911. The maximum Gasteiger partial charge on any atom is 0.252 e. The Balaban J connectivity index is 1.51. The largest absolute Gasteiger partial charge is 0.493 e. The maximum absolute atomic E-state index is 13.6. The van der Waals surface area contributed by atoms with Crippen molar-refractivity contribution in [1.82, 2.24) is 20.2 Å². The number of imidazole rings is 1. The molecule has 2 amide bonds. The SMILES string of the molecule is COc1cc(C(=O)N[C@H](C(=O)N2CCC[C@@H](c3nc4ccccc4[nH]3)C2)C(C)C)cc(OC)c1OC. The van der Waals surface area contributed by atoms with E-state index in [1.165, 1.54) is 21.3 Å². The molecule has 1 aliphatic rings.